The van der Waals surface area contributed by atoms with Gasteiger partial charge in [-0.2, -0.15) is 5.26 Å². The fraction of sp³-hybridized carbons (Fsp3) is 0.179. The number of aromatic nitrogens is 1. The minimum absolute atomic E-state index is 0.0658. The van der Waals surface area contributed by atoms with Crippen LogP contribution in [0, 0.1) is 11.3 Å². The van der Waals surface area contributed by atoms with E-state index in [0.29, 0.717) is 28.1 Å². The Morgan fingerprint density at radius 3 is 2.59 bits per heavy atom. The van der Waals surface area contributed by atoms with Crippen LogP contribution in [0.4, 0.5) is 17.4 Å². The molecule has 1 saturated heterocycles. The van der Waals surface area contributed by atoms with Crippen molar-refractivity contribution >= 4 is 23.3 Å². The van der Waals surface area contributed by atoms with Crippen LogP contribution in [0.15, 0.2) is 77.4 Å². The van der Waals surface area contributed by atoms with E-state index in [2.05, 4.69) is 26.2 Å². The number of aromatic hydroxyl groups is 1. The number of phenols is 1. The zero-order valence-electron chi connectivity index (χ0n) is 20.1. The molecule has 1 aliphatic heterocycles. The van der Waals surface area contributed by atoms with Crippen molar-refractivity contribution in [2.24, 2.45) is 0 Å². The molecule has 2 aromatic heterocycles. The first kappa shape index (κ1) is 23.9. The zero-order chi connectivity index (χ0) is 25.8. The number of nitrogens with zero attached hydrogens (tertiary/aromatic N) is 4. The molecule has 3 heterocycles. The van der Waals surface area contributed by atoms with E-state index in [1.807, 2.05) is 24.3 Å². The lowest BCUT2D eigenvalue weighted by Crippen LogP contribution is -2.48. The molecule has 0 radical (unpaired) electrons. The van der Waals surface area contributed by atoms with Gasteiger partial charge in [-0.25, -0.2) is 4.98 Å². The van der Waals surface area contributed by atoms with Crippen molar-refractivity contribution in [1.29, 1.82) is 5.26 Å². The molecule has 2 aromatic carbocycles. The summed E-state index contributed by atoms with van der Waals surface area (Å²) < 4.78 is 5.46. The van der Waals surface area contributed by atoms with Crippen molar-refractivity contribution < 1.29 is 14.3 Å². The van der Waals surface area contributed by atoms with E-state index in [1.165, 1.54) is 0 Å². The lowest BCUT2D eigenvalue weighted by Gasteiger charge is -2.34. The molecule has 1 aliphatic rings. The molecule has 0 aliphatic carbocycles. The number of nitrogen functional groups attached to an aromatic ring is 1. The second-order valence-corrected chi connectivity index (χ2v) is 8.79. The molecule has 1 fully saturated rings. The van der Waals surface area contributed by atoms with Gasteiger partial charge in [-0.1, -0.05) is 24.3 Å². The number of anilines is 3. The summed E-state index contributed by atoms with van der Waals surface area (Å²) in [4.78, 5) is 21.4. The number of rotatable bonds is 6. The highest BCUT2D eigenvalue weighted by atomic mass is 16.3. The normalized spacial score (nSPS) is 13.8. The summed E-state index contributed by atoms with van der Waals surface area (Å²) in [5.74, 6) is 0.866. The highest BCUT2D eigenvalue weighted by Crippen LogP contribution is 2.35. The van der Waals surface area contributed by atoms with Crippen molar-refractivity contribution in [1.82, 2.24) is 9.88 Å². The number of para-hydroxylation sites is 1. The molecule has 0 saturated carbocycles. The Labute approximate surface area is 214 Å². The number of carbonyl (C=O) groups excluding carboxylic acids is 1. The summed E-state index contributed by atoms with van der Waals surface area (Å²) in [7, 11) is 0. The van der Waals surface area contributed by atoms with Crippen LogP contribution in [0.1, 0.15) is 5.56 Å². The smallest absolute Gasteiger partial charge is 0.238 e. The fourth-order valence-electron chi connectivity index (χ4n) is 4.48. The van der Waals surface area contributed by atoms with Gasteiger partial charge in [-0.3, -0.25) is 9.69 Å². The van der Waals surface area contributed by atoms with Crippen molar-refractivity contribution in [3.05, 3.63) is 78.6 Å². The summed E-state index contributed by atoms with van der Waals surface area (Å²) >= 11 is 0. The van der Waals surface area contributed by atoms with E-state index in [4.69, 9.17) is 10.2 Å². The van der Waals surface area contributed by atoms with Crippen molar-refractivity contribution in [2.75, 3.05) is 48.7 Å². The number of hydrogen-bond donors (Lipinski definition) is 3. The number of hydrogen-bond acceptors (Lipinski definition) is 8. The number of furan rings is 1. The molecule has 0 atom stereocenters. The van der Waals surface area contributed by atoms with E-state index >= 15 is 0 Å². The topological polar surface area (TPSA) is 132 Å². The third-order valence-corrected chi connectivity index (χ3v) is 6.35. The predicted octanol–water partition coefficient (Wildman–Crippen LogP) is 3.93. The van der Waals surface area contributed by atoms with Gasteiger partial charge >= 0.3 is 0 Å². The average Bonchev–Trinajstić information content (AvgIpc) is 3.44. The monoisotopic (exact) mass is 494 g/mol. The van der Waals surface area contributed by atoms with Crippen LogP contribution in [0.25, 0.3) is 22.4 Å². The molecular weight excluding hydrogens is 468 g/mol. The highest BCUT2D eigenvalue weighted by molar-refractivity contribution is 5.93. The maximum absolute atomic E-state index is 12.8. The van der Waals surface area contributed by atoms with Gasteiger partial charge < -0.3 is 25.5 Å². The van der Waals surface area contributed by atoms with Gasteiger partial charge in [0.15, 0.2) is 5.88 Å². The summed E-state index contributed by atoms with van der Waals surface area (Å²) in [5, 5.41) is 23.0. The quantitative estimate of drug-likeness (QED) is 0.367. The van der Waals surface area contributed by atoms with E-state index < -0.39 is 0 Å². The first-order valence-corrected chi connectivity index (χ1v) is 11.9. The first-order valence-electron chi connectivity index (χ1n) is 11.9. The van der Waals surface area contributed by atoms with Crippen LogP contribution < -0.4 is 16.0 Å². The summed E-state index contributed by atoms with van der Waals surface area (Å²) in [5.41, 5.74) is 9.20. The molecule has 5 rings (SSSR count). The Kier molecular flexibility index (Phi) is 6.74. The Morgan fingerprint density at radius 1 is 1.05 bits per heavy atom. The van der Waals surface area contributed by atoms with Crippen LogP contribution in [0.2, 0.25) is 0 Å². The zero-order valence-corrected chi connectivity index (χ0v) is 20.1. The lowest BCUT2D eigenvalue weighted by atomic mass is 9.98. The van der Waals surface area contributed by atoms with E-state index in [1.54, 1.807) is 48.7 Å². The molecule has 9 heteroatoms. The molecule has 1 amide bonds. The maximum Gasteiger partial charge on any atom is 0.238 e. The van der Waals surface area contributed by atoms with Gasteiger partial charge in [0, 0.05) is 49.1 Å². The van der Waals surface area contributed by atoms with Crippen LogP contribution in [0.5, 0.6) is 5.75 Å². The number of nitrogens with two attached hydrogens (primary N) is 1. The molecular formula is C28H26N6O3. The van der Waals surface area contributed by atoms with Gasteiger partial charge in [-0.05, 0) is 42.0 Å². The molecule has 4 aromatic rings. The second kappa shape index (κ2) is 10.4. The first-order chi connectivity index (χ1) is 18.0. The van der Waals surface area contributed by atoms with Crippen LogP contribution >= 0.6 is 0 Å². The Hall–Kier alpha value is -4.81. The number of pyridine rings is 1. The Bertz CT molecular complexity index is 1450. The third kappa shape index (κ3) is 5.24. The van der Waals surface area contributed by atoms with Gasteiger partial charge in [0.1, 0.15) is 23.2 Å². The van der Waals surface area contributed by atoms with Crippen LogP contribution in [0.3, 0.4) is 0 Å². The van der Waals surface area contributed by atoms with Crippen LogP contribution in [-0.4, -0.2) is 53.6 Å². The molecule has 37 heavy (non-hydrogen) atoms. The Balaban J connectivity index is 1.31. The molecule has 0 unspecified atom stereocenters. The van der Waals surface area contributed by atoms with E-state index in [-0.39, 0.29) is 29.6 Å². The van der Waals surface area contributed by atoms with Crippen molar-refractivity contribution in [3.8, 4) is 34.2 Å². The number of nitriles is 1. The van der Waals surface area contributed by atoms with Crippen molar-refractivity contribution in [2.45, 2.75) is 0 Å². The van der Waals surface area contributed by atoms with E-state index in [0.717, 1.165) is 32.1 Å². The van der Waals surface area contributed by atoms with Crippen molar-refractivity contribution in [3.63, 3.8) is 0 Å². The fourth-order valence-corrected chi connectivity index (χ4v) is 4.48. The number of carbonyl (C=O) groups is 1. The summed E-state index contributed by atoms with van der Waals surface area (Å²) in [6, 6.07) is 21.7. The largest absolute Gasteiger partial charge is 0.507 e. The van der Waals surface area contributed by atoms with Gasteiger partial charge in [-0.15, -0.1) is 0 Å². The average molecular weight is 495 g/mol. The molecule has 0 bridgehead atoms. The predicted molar refractivity (Wildman–Crippen MR) is 142 cm³/mol. The maximum atomic E-state index is 12.8. The summed E-state index contributed by atoms with van der Waals surface area (Å²) in [6.45, 7) is 3.36. The molecule has 4 N–H and O–H groups in total. The second-order valence-electron chi connectivity index (χ2n) is 8.79. The number of phenolic OH excluding ortho intramolecular Hbond substituents is 1. The number of amides is 1. The lowest BCUT2D eigenvalue weighted by molar-refractivity contribution is -0.117. The SMILES string of the molecule is N#Cc1c(-c2cccc(NC(=O)CN3CCN(c4ccco4)CC3)c2)cc(-c2ccccc2O)nc1N. The number of nitrogens with one attached hydrogen (secondary N) is 1. The number of piperazine rings is 1. The Morgan fingerprint density at radius 2 is 1.86 bits per heavy atom. The van der Waals surface area contributed by atoms with E-state index in [9.17, 15) is 15.2 Å². The van der Waals surface area contributed by atoms with Gasteiger partial charge in [0.25, 0.3) is 0 Å². The minimum atomic E-state index is -0.117. The van der Waals surface area contributed by atoms with Crippen LogP contribution in [-0.2, 0) is 4.79 Å². The standard InChI is InChI=1S/C28H26N6O3/c29-17-23-22(16-24(32-28(23)30)21-7-1-2-8-25(21)35)19-5-3-6-20(15-19)31-26(36)18-33-10-12-34(13-11-33)27-9-4-14-37-27/h1-9,14-16,35H,10-13,18H2,(H2,30,32)(H,31,36). The minimum Gasteiger partial charge on any atom is -0.507 e. The number of benzene rings is 2. The molecule has 9 nitrogen and oxygen atoms in total. The van der Waals surface area contributed by atoms with Gasteiger partial charge in [0.2, 0.25) is 5.91 Å². The third-order valence-electron chi connectivity index (χ3n) is 6.35. The van der Waals surface area contributed by atoms with Gasteiger partial charge in [0.05, 0.1) is 18.5 Å². The highest BCUT2D eigenvalue weighted by Gasteiger charge is 2.21. The summed E-state index contributed by atoms with van der Waals surface area (Å²) in [6.07, 6.45) is 1.66. The molecule has 0 spiro atoms. The molecule has 186 valence electrons.